The van der Waals surface area contributed by atoms with Crippen molar-refractivity contribution in [2.45, 2.75) is 25.8 Å². The summed E-state index contributed by atoms with van der Waals surface area (Å²) < 4.78 is 0. The van der Waals surface area contributed by atoms with E-state index in [2.05, 4.69) is 21.8 Å². The molecule has 1 saturated heterocycles. The van der Waals surface area contributed by atoms with Crippen LogP contribution in [0.15, 0.2) is 17.2 Å². The van der Waals surface area contributed by atoms with E-state index in [1.165, 1.54) is 6.33 Å². The third-order valence-electron chi connectivity index (χ3n) is 3.30. The largest absolute Gasteiger partial charge is 0.356 e. The lowest BCUT2D eigenvalue weighted by Gasteiger charge is -2.37. The van der Waals surface area contributed by atoms with E-state index < -0.39 is 0 Å². The van der Waals surface area contributed by atoms with Crippen molar-refractivity contribution in [3.63, 3.8) is 0 Å². The van der Waals surface area contributed by atoms with Gasteiger partial charge in [0, 0.05) is 25.2 Å². The molecule has 1 aromatic rings. The Hall–Kier alpha value is -1.36. The summed E-state index contributed by atoms with van der Waals surface area (Å²) in [6.45, 7) is 3.93. The Morgan fingerprint density at radius 3 is 3.19 bits per heavy atom. The van der Waals surface area contributed by atoms with Gasteiger partial charge < -0.3 is 15.6 Å². The minimum absolute atomic E-state index is 0.104. The summed E-state index contributed by atoms with van der Waals surface area (Å²) in [5, 5.41) is 0. The molecular weight excluding hydrogens is 204 g/mol. The van der Waals surface area contributed by atoms with Gasteiger partial charge >= 0.3 is 0 Å². The van der Waals surface area contributed by atoms with E-state index in [0.29, 0.717) is 5.92 Å². The quantitative estimate of drug-likeness (QED) is 0.756. The van der Waals surface area contributed by atoms with Crippen LogP contribution < -0.4 is 16.2 Å². The van der Waals surface area contributed by atoms with E-state index in [1.54, 1.807) is 6.07 Å². The fourth-order valence-electron chi connectivity index (χ4n) is 2.22. The molecule has 1 aliphatic heterocycles. The maximum Gasteiger partial charge on any atom is 0.252 e. The van der Waals surface area contributed by atoms with Crippen molar-refractivity contribution in [3.05, 3.63) is 22.7 Å². The Kier molecular flexibility index (Phi) is 3.24. The van der Waals surface area contributed by atoms with Crippen LogP contribution in [-0.2, 0) is 0 Å². The van der Waals surface area contributed by atoms with E-state index in [1.807, 2.05) is 0 Å². The van der Waals surface area contributed by atoms with Gasteiger partial charge in [0.2, 0.25) is 0 Å². The summed E-state index contributed by atoms with van der Waals surface area (Å²) >= 11 is 0. The van der Waals surface area contributed by atoms with Crippen LogP contribution in [-0.4, -0.2) is 29.1 Å². The molecule has 0 saturated carbocycles. The summed E-state index contributed by atoms with van der Waals surface area (Å²) in [6, 6.07) is 1.83. The molecule has 0 aromatic carbocycles. The molecule has 0 amide bonds. The second-order valence-electron chi connectivity index (χ2n) is 4.34. The fraction of sp³-hybridized carbons (Fsp3) is 0.636. The molecule has 5 nitrogen and oxygen atoms in total. The van der Waals surface area contributed by atoms with Crippen LogP contribution in [0.2, 0.25) is 0 Å². The first-order chi connectivity index (χ1) is 7.70. The van der Waals surface area contributed by atoms with Gasteiger partial charge in [-0.05, 0) is 12.3 Å². The minimum Gasteiger partial charge on any atom is -0.356 e. The van der Waals surface area contributed by atoms with E-state index in [0.717, 1.165) is 31.7 Å². The van der Waals surface area contributed by atoms with Crippen molar-refractivity contribution in [2.75, 3.05) is 18.0 Å². The zero-order chi connectivity index (χ0) is 11.5. The molecule has 0 bridgehead atoms. The number of aromatic amines is 1. The van der Waals surface area contributed by atoms with Gasteiger partial charge in [-0.15, -0.1) is 0 Å². The number of hydrogen-bond donors (Lipinski definition) is 2. The number of nitrogens with zero attached hydrogens (tertiary/aromatic N) is 2. The van der Waals surface area contributed by atoms with Crippen LogP contribution in [0, 0.1) is 5.92 Å². The number of anilines is 1. The Morgan fingerprint density at radius 1 is 1.69 bits per heavy atom. The van der Waals surface area contributed by atoms with Crippen molar-refractivity contribution < 1.29 is 0 Å². The molecular formula is C11H18N4O. The second-order valence-corrected chi connectivity index (χ2v) is 4.34. The Morgan fingerprint density at radius 2 is 2.50 bits per heavy atom. The predicted molar refractivity (Wildman–Crippen MR) is 63.4 cm³/mol. The zero-order valence-corrected chi connectivity index (χ0v) is 9.52. The number of H-pyrrole nitrogens is 1. The first kappa shape index (κ1) is 11.1. The summed E-state index contributed by atoms with van der Waals surface area (Å²) in [4.78, 5) is 20.1. The number of nitrogens with one attached hydrogen (secondary N) is 1. The molecule has 0 aliphatic carbocycles. The molecule has 0 radical (unpaired) electrons. The number of nitrogens with two attached hydrogens (primary N) is 1. The van der Waals surface area contributed by atoms with Gasteiger partial charge in [0.25, 0.3) is 5.56 Å². The Bertz CT molecular complexity index is 403. The van der Waals surface area contributed by atoms with E-state index in [4.69, 9.17) is 5.73 Å². The summed E-state index contributed by atoms with van der Waals surface area (Å²) in [7, 11) is 0. The van der Waals surface area contributed by atoms with Crippen LogP contribution in [0.5, 0.6) is 0 Å². The van der Waals surface area contributed by atoms with Gasteiger partial charge in [-0.1, -0.05) is 13.3 Å². The molecule has 16 heavy (non-hydrogen) atoms. The molecule has 2 rings (SSSR count). The molecule has 88 valence electrons. The predicted octanol–water partition coefficient (Wildman–Crippen LogP) is 0.334. The van der Waals surface area contributed by atoms with E-state index in [9.17, 15) is 4.79 Å². The van der Waals surface area contributed by atoms with Crippen molar-refractivity contribution in [1.29, 1.82) is 0 Å². The Balaban J connectivity index is 2.14. The smallest absolute Gasteiger partial charge is 0.252 e. The molecule has 2 atom stereocenters. The summed E-state index contributed by atoms with van der Waals surface area (Å²) in [5.74, 6) is 1.25. The van der Waals surface area contributed by atoms with E-state index >= 15 is 0 Å². The number of hydrogen-bond acceptors (Lipinski definition) is 4. The maximum absolute atomic E-state index is 11.2. The number of rotatable bonds is 2. The number of piperidine rings is 1. The topological polar surface area (TPSA) is 75.0 Å². The van der Waals surface area contributed by atoms with Crippen molar-refractivity contribution in [1.82, 2.24) is 9.97 Å². The normalized spacial score (nSPS) is 25.8. The van der Waals surface area contributed by atoms with Crippen LogP contribution in [0.25, 0.3) is 0 Å². The summed E-state index contributed by atoms with van der Waals surface area (Å²) in [5.41, 5.74) is 5.94. The highest BCUT2D eigenvalue weighted by atomic mass is 16.1. The fourth-order valence-corrected chi connectivity index (χ4v) is 2.22. The Labute approximate surface area is 94.7 Å². The minimum atomic E-state index is -0.104. The molecule has 1 aromatic heterocycles. The van der Waals surface area contributed by atoms with Gasteiger partial charge in [0.05, 0.1) is 6.33 Å². The molecule has 5 heteroatoms. The zero-order valence-electron chi connectivity index (χ0n) is 9.52. The van der Waals surface area contributed by atoms with Crippen LogP contribution in [0.3, 0.4) is 0 Å². The van der Waals surface area contributed by atoms with Gasteiger partial charge in [0.15, 0.2) is 0 Å². The second kappa shape index (κ2) is 4.65. The van der Waals surface area contributed by atoms with Crippen molar-refractivity contribution >= 4 is 5.82 Å². The molecule has 1 fully saturated rings. The van der Waals surface area contributed by atoms with Crippen molar-refractivity contribution in [3.8, 4) is 0 Å². The first-order valence-corrected chi connectivity index (χ1v) is 5.76. The highest BCUT2D eigenvalue weighted by Crippen LogP contribution is 2.21. The monoisotopic (exact) mass is 222 g/mol. The van der Waals surface area contributed by atoms with Gasteiger partial charge in [0.1, 0.15) is 5.82 Å². The third-order valence-corrected chi connectivity index (χ3v) is 3.30. The third kappa shape index (κ3) is 2.24. The van der Waals surface area contributed by atoms with E-state index in [-0.39, 0.29) is 11.6 Å². The van der Waals surface area contributed by atoms with Gasteiger partial charge in [-0.3, -0.25) is 4.79 Å². The molecule has 3 N–H and O–H groups in total. The lowest BCUT2D eigenvalue weighted by Crippen LogP contribution is -2.47. The standard InChI is InChI=1S/C11H18N4O/c1-2-8-6-15(4-3-9(8)12)10-5-11(16)14-7-13-10/h5,7-9H,2-4,6,12H2,1H3,(H,13,14,16). The van der Waals surface area contributed by atoms with Gasteiger partial charge in [-0.25, -0.2) is 4.98 Å². The molecule has 2 unspecified atom stereocenters. The number of aromatic nitrogens is 2. The van der Waals surface area contributed by atoms with Crippen LogP contribution >= 0.6 is 0 Å². The lowest BCUT2D eigenvalue weighted by molar-refractivity contribution is 0.346. The average molecular weight is 222 g/mol. The van der Waals surface area contributed by atoms with Crippen LogP contribution in [0.1, 0.15) is 19.8 Å². The molecule has 0 spiro atoms. The van der Waals surface area contributed by atoms with Crippen LogP contribution in [0.4, 0.5) is 5.82 Å². The lowest BCUT2D eigenvalue weighted by atomic mass is 9.91. The average Bonchev–Trinajstić information content (AvgIpc) is 2.29. The highest BCUT2D eigenvalue weighted by molar-refractivity contribution is 5.37. The SMILES string of the molecule is CCC1CN(c2cc(=O)[nH]cn2)CCC1N. The van der Waals surface area contributed by atoms with Gasteiger partial charge in [-0.2, -0.15) is 0 Å². The molecule has 2 heterocycles. The highest BCUT2D eigenvalue weighted by Gasteiger charge is 2.25. The maximum atomic E-state index is 11.2. The first-order valence-electron chi connectivity index (χ1n) is 5.76. The molecule has 1 aliphatic rings. The van der Waals surface area contributed by atoms with Crippen molar-refractivity contribution in [2.24, 2.45) is 11.7 Å². The summed E-state index contributed by atoms with van der Waals surface area (Å²) in [6.07, 6.45) is 3.49.